The van der Waals surface area contributed by atoms with E-state index in [1.165, 1.54) is 0 Å². The highest BCUT2D eigenvalue weighted by atomic mass is 16.7. The minimum atomic E-state index is -0.365. The van der Waals surface area contributed by atoms with Crippen molar-refractivity contribution in [2.45, 2.75) is 0 Å². The van der Waals surface area contributed by atoms with E-state index in [1.807, 2.05) is 0 Å². The molecule has 0 radical (unpaired) electrons. The number of carbonyl (C=O) groups is 1. The van der Waals surface area contributed by atoms with Crippen molar-refractivity contribution in [1.29, 1.82) is 0 Å². The van der Waals surface area contributed by atoms with Crippen molar-refractivity contribution in [3.8, 4) is 5.75 Å². The zero-order valence-electron chi connectivity index (χ0n) is 6.24. The molecule has 0 spiro atoms. The van der Waals surface area contributed by atoms with Crippen LogP contribution in [0.1, 0.15) is 10.4 Å². The zero-order chi connectivity index (χ0) is 8.55. The molecule has 4 nitrogen and oxygen atoms in total. The average molecular weight is 165 g/mol. The fourth-order valence-corrected chi connectivity index (χ4v) is 1.05. The van der Waals surface area contributed by atoms with E-state index in [1.54, 1.807) is 18.2 Å². The number of cyclic esters (lactones) is 1. The lowest BCUT2D eigenvalue weighted by Gasteiger charge is -2.16. The van der Waals surface area contributed by atoms with Crippen LogP contribution in [0.3, 0.4) is 0 Å². The van der Waals surface area contributed by atoms with Gasteiger partial charge in [0.2, 0.25) is 6.79 Å². The lowest BCUT2D eigenvalue weighted by Crippen LogP contribution is -2.18. The van der Waals surface area contributed by atoms with E-state index in [-0.39, 0.29) is 12.8 Å². The van der Waals surface area contributed by atoms with Crippen LogP contribution in [0.5, 0.6) is 5.75 Å². The molecule has 0 atom stereocenters. The monoisotopic (exact) mass is 165 g/mol. The van der Waals surface area contributed by atoms with Gasteiger partial charge in [0.05, 0.1) is 0 Å². The standard InChI is InChI=1S/C8H7NO3/c9-5-1-2-6-7(3-5)11-4-12-8(6)10/h1-3H,4,9H2. The van der Waals surface area contributed by atoms with Crippen molar-refractivity contribution in [3.05, 3.63) is 23.8 Å². The summed E-state index contributed by atoms with van der Waals surface area (Å²) in [5.74, 6) is 0.127. The second kappa shape index (κ2) is 2.41. The van der Waals surface area contributed by atoms with Gasteiger partial charge in [-0.3, -0.25) is 0 Å². The van der Waals surface area contributed by atoms with Crippen LogP contribution in [-0.4, -0.2) is 12.8 Å². The van der Waals surface area contributed by atoms with Gasteiger partial charge in [0.25, 0.3) is 0 Å². The summed E-state index contributed by atoms with van der Waals surface area (Å²) in [5.41, 5.74) is 6.49. The molecule has 4 heteroatoms. The molecule has 1 aliphatic heterocycles. The first-order valence-corrected chi connectivity index (χ1v) is 3.47. The van der Waals surface area contributed by atoms with Gasteiger partial charge in [-0.2, -0.15) is 0 Å². The Hall–Kier alpha value is -1.71. The largest absolute Gasteiger partial charge is 0.456 e. The molecule has 0 aromatic heterocycles. The van der Waals surface area contributed by atoms with Crippen LogP contribution in [0.2, 0.25) is 0 Å². The Morgan fingerprint density at radius 3 is 3.00 bits per heavy atom. The molecular weight excluding hydrogens is 158 g/mol. The third-order valence-corrected chi connectivity index (χ3v) is 1.63. The van der Waals surface area contributed by atoms with E-state index in [0.717, 1.165) is 0 Å². The molecule has 0 saturated heterocycles. The predicted molar refractivity (Wildman–Crippen MR) is 41.8 cm³/mol. The Morgan fingerprint density at radius 2 is 2.17 bits per heavy atom. The van der Waals surface area contributed by atoms with Gasteiger partial charge >= 0.3 is 5.97 Å². The summed E-state index contributed by atoms with van der Waals surface area (Å²) in [6.45, 7) is -0.0325. The highest BCUT2D eigenvalue weighted by molar-refractivity contribution is 5.93. The van der Waals surface area contributed by atoms with E-state index in [2.05, 4.69) is 4.74 Å². The number of hydrogen-bond donors (Lipinski definition) is 1. The van der Waals surface area contributed by atoms with Gasteiger partial charge in [0, 0.05) is 11.8 Å². The van der Waals surface area contributed by atoms with E-state index in [0.29, 0.717) is 17.0 Å². The average Bonchev–Trinajstić information content (AvgIpc) is 2.04. The zero-order valence-corrected chi connectivity index (χ0v) is 6.24. The number of esters is 1. The highest BCUT2D eigenvalue weighted by Gasteiger charge is 2.18. The highest BCUT2D eigenvalue weighted by Crippen LogP contribution is 2.25. The van der Waals surface area contributed by atoms with E-state index >= 15 is 0 Å². The molecule has 0 bridgehead atoms. The number of nitrogen functional groups attached to an aromatic ring is 1. The molecule has 62 valence electrons. The van der Waals surface area contributed by atoms with Crippen LogP contribution in [-0.2, 0) is 4.74 Å². The molecule has 2 rings (SSSR count). The van der Waals surface area contributed by atoms with Crippen LogP contribution in [0.25, 0.3) is 0 Å². The molecule has 0 unspecified atom stereocenters. The maximum Gasteiger partial charge on any atom is 0.344 e. The first-order valence-electron chi connectivity index (χ1n) is 3.47. The Morgan fingerprint density at radius 1 is 1.33 bits per heavy atom. The number of benzene rings is 1. The predicted octanol–water partition coefficient (Wildman–Crippen LogP) is 0.776. The first-order chi connectivity index (χ1) is 5.77. The summed E-state index contributed by atoms with van der Waals surface area (Å²) in [5, 5.41) is 0. The first kappa shape index (κ1) is 6.97. The van der Waals surface area contributed by atoms with Gasteiger partial charge < -0.3 is 15.2 Å². The van der Waals surface area contributed by atoms with Crippen molar-refractivity contribution in [2.75, 3.05) is 12.5 Å². The second-order valence-electron chi connectivity index (χ2n) is 2.45. The van der Waals surface area contributed by atoms with Crippen LogP contribution in [0, 0.1) is 0 Å². The molecule has 1 heterocycles. The number of carbonyl (C=O) groups excluding carboxylic acids is 1. The van der Waals surface area contributed by atoms with Gasteiger partial charge in [0.15, 0.2) is 0 Å². The normalized spacial score (nSPS) is 14.5. The third kappa shape index (κ3) is 0.972. The number of rotatable bonds is 0. The third-order valence-electron chi connectivity index (χ3n) is 1.63. The number of hydrogen-bond acceptors (Lipinski definition) is 4. The summed E-state index contributed by atoms with van der Waals surface area (Å²) in [4.78, 5) is 11.1. The Labute approximate surface area is 68.9 Å². The molecule has 12 heavy (non-hydrogen) atoms. The van der Waals surface area contributed by atoms with Crippen LogP contribution < -0.4 is 10.5 Å². The minimum Gasteiger partial charge on any atom is -0.456 e. The van der Waals surface area contributed by atoms with Crippen molar-refractivity contribution in [2.24, 2.45) is 0 Å². The van der Waals surface area contributed by atoms with Gasteiger partial charge in [0.1, 0.15) is 11.3 Å². The minimum absolute atomic E-state index is 0.0325. The summed E-state index contributed by atoms with van der Waals surface area (Å²) in [6.07, 6.45) is 0. The second-order valence-corrected chi connectivity index (χ2v) is 2.45. The smallest absolute Gasteiger partial charge is 0.344 e. The molecule has 0 amide bonds. The number of nitrogens with two attached hydrogens (primary N) is 1. The Bertz CT molecular complexity index is 335. The van der Waals surface area contributed by atoms with E-state index in [9.17, 15) is 4.79 Å². The Kier molecular flexibility index (Phi) is 1.40. The molecule has 1 aliphatic rings. The van der Waals surface area contributed by atoms with Gasteiger partial charge in [-0.1, -0.05) is 0 Å². The Balaban J connectivity index is 2.53. The van der Waals surface area contributed by atoms with Crippen molar-refractivity contribution in [3.63, 3.8) is 0 Å². The number of anilines is 1. The summed E-state index contributed by atoms with van der Waals surface area (Å²) < 4.78 is 9.69. The molecule has 0 aliphatic carbocycles. The summed E-state index contributed by atoms with van der Waals surface area (Å²) in [6, 6.07) is 4.83. The van der Waals surface area contributed by atoms with Crippen LogP contribution in [0.15, 0.2) is 18.2 Å². The number of fused-ring (bicyclic) bond motifs is 1. The fraction of sp³-hybridized carbons (Fsp3) is 0.125. The molecule has 1 aromatic carbocycles. The maximum atomic E-state index is 11.1. The van der Waals surface area contributed by atoms with Crippen molar-refractivity contribution >= 4 is 11.7 Å². The lowest BCUT2D eigenvalue weighted by molar-refractivity contribution is 0.00496. The van der Waals surface area contributed by atoms with Gasteiger partial charge in [-0.15, -0.1) is 0 Å². The SMILES string of the molecule is Nc1ccc2c(c1)OCOC2=O. The topological polar surface area (TPSA) is 61.6 Å². The summed E-state index contributed by atoms with van der Waals surface area (Å²) in [7, 11) is 0. The fourth-order valence-electron chi connectivity index (χ4n) is 1.05. The number of ether oxygens (including phenoxy) is 2. The molecule has 2 N–H and O–H groups in total. The van der Waals surface area contributed by atoms with Crippen molar-refractivity contribution < 1.29 is 14.3 Å². The van der Waals surface area contributed by atoms with Gasteiger partial charge in [-0.25, -0.2) is 4.79 Å². The van der Waals surface area contributed by atoms with Crippen LogP contribution >= 0.6 is 0 Å². The van der Waals surface area contributed by atoms with Crippen LogP contribution in [0.4, 0.5) is 5.69 Å². The lowest BCUT2D eigenvalue weighted by atomic mass is 10.2. The van der Waals surface area contributed by atoms with E-state index < -0.39 is 0 Å². The molecule has 1 aromatic rings. The summed E-state index contributed by atoms with van der Waals surface area (Å²) >= 11 is 0. The molecule has 0 fully saturated rings. The molecule has 0 saturated carbocycles. The quantitative estimate of drug-likeness (QED) is 0.455. The van der Waals surface area contributed by atoms with E-state index in [4.69, 9.17) is 10.5 Å². The van der Waals surface area contributed by atoms with Crippen molar-refractivity contribution in [1.82, 2.24) is 0 Å². The maximum absolute atomic E-state index is 11.1. The van der Waals surface area contributed by atoms with Gasteiger partial charge in [-0.05, 0) is 12.1 Å². The molecular formula is C8H7NO3.